The summed E-state index contributed by atoms with van der Waals surface area (Å²) < 4.78 is 11.0. The van der Waals surface area contributed by atoms with Crippen molar-refractivity contribution in [2.24, 2.45) is 5.41 Å². The van der Waals surface area contributed by atoms with Crippen molar-refractivity contribution in [3.05, 3.63) is 24.3 Å². The minimum absolute atomic E-state index is 0.475. The lowest BCUT2D eigenvalue weighted by Crippen LogP contribution is -2.35. The monoisotopic (exact) mass is 263 g/mol. The predicted octanol–water partition coefficient (Wildman–Crippen LogP) is 3.24. The molecule has 2 rings (SSSR count). The molecule has 19 heavy (non-hydrogen) atoms. The third kappa shape index (κ3) is 3.63. The van der Waals surface area contributed by atoms with Gasteiger partial charge in [-0.05, 0) is 62.4 Å². The van der Waals surface area contributed by atoms with E-state index in [0.717, 1.165) is 31.1 Å². The summed E-state index contributed by atoms with van der Waals surface area (Å²) in [6.07, 6.45) is 3.79. The van der Waals surface area contributed by atoms with Crippen molar-refractivity contribution in [1.82, 2.24) is 5.32 Å². The highest BCUT2D eigenvalue weighted by molar-refractivity contribution is 5.31. The summed E-state index contributed by atoms with van der Waals surface area (Å²) in [6, 6.07) is 8.39. The van der Waals surface area contributed by atoms with Crippen molar-refractivity contribution in [1.29, 1.82) is 0 Å². The van der Waals surface area contributed by atoms with Gasteiger partial charge in [-0.1, -0.05) is 6.92 Å². The number of ether oxygens (including phenoxy) is 2. The van der Waals surface area contributed by atoms with Gasteiger partial charge in [-0.2, -0.15) is 0 Å². The zero-order valence-electron chi connectivity index (χ0n) is 12.2. The van der Waals surface area contributed by atoms with Gasteiger partial charge in [0.25, 0.3) is 0 Å². The van der Waals surface area contributed by atoms with Crippen LogP contribution in [0.25, 0.3) is 0 Å². The van der Waals surface area contributed by atoms with Gasteiger partial charge in [0.1, 0.15) is 11.5 Å². The molecular weight excluding hydrogens is 238 g/mol. The molecule has 1 atom stereocenters. The van der Waals surface area contributed by atoms with Gasteiger partial charge < -0.3 is 14.8 Å². The molecule has 1 N–H and O–H groups in total. The van der Waals surface area contributed by atoms with Crippen LogP contribution in [0.2, 0.25) is 0 Å². The van der Waals surface area contributed by atoms with Crippen LogP contribution < -0.4 is 14.8 Å². The molecule has 1 aliphatic carbocycles. The summed E-state index contributed by atoms with van der Waals surface area (Å²) >= 11 is 0. The third-order valence-electron chi connectivity index (χ3n) is 4.25. The standard InChI is InChI=1S/C16H25NO2/c1-4-17-13(2)16(9-10-16)11-12-19-15-7-5-14(18-3)6-8-15/h5-8,13,17H,4,9-12H2,1-3H3. The zero-order chi connectivity index (χ0) is 13.7. The van der Waals surface area contributed by atoms with Crippen LogP contribution >= 0.6 is 0 Å². The van der Waals surface area contributed by atoms with Gasteiger partial charge in [0, 0.05) is 6.04 Å². The summed E-state index contributed by atoms with van der Waals surface area (Å²) in [5, 5.41) is 3.54. The largest absolute Gasteiger partial charge is 0.497 e. The fraction of sp³-hybridized carbons (Fsp3) is 0.625. The van der Waals surface area contributed by atoms with Gasteiger partial charge in [0.2, 0.25) is 0 Å². The first kappa shape index (κ1) is 14.2. The van der Waals surface area contributed by atoms with E-state index < -0.39 is 0 Å². The Morgan fingerprint density at radius 2 is 1.84 bits per heavy atom. The van der Waals surface area contributed by atoms with Crippen LogP contribution in [-0.2, 0) is 0 Å². The van der Waals surface area contributed by atoms with Crippen molar-refractivity contribution >= 4 is 0 Å². The van der Waals surface area contributed by atoms with Gasteiger partial charge >= 0.3 is 0 Å². The molecule has 0 spiro atoms. The SMILES string of the molecule is CCNC(C)C1(CCOc2ccc(OC)cc2)CC1. The van der Waals surface area contributed by atoms with E-state index >= 15 is 0 Å². The van der Waals surface area contributed by atoms with Gasteiger partial charge in [-0.25, -0.2) is 0 Å². The molecule has 0 bridgehead atoms. The fourth-order valence-corrected chi connectivity index (χ4v) is 2.63. The van der Waals surface area contributed by atoms with Crippen LogP contribution in [0.4, 0.5) is 0 Å². The lowest BCUT2D eigenvalue weighted by Gasteiger charge is -2.24. The quantitative estimate of drug-likeness (QED) is 0.781. The van der Waals surface area contributed by atoms with Crippen LogP contribution in [0, 0.1) is 5.41 Å². The number of methoxy groups -OCH3 is 1. The number of hydrogen-bond acceptors (Lipinski definition) is 3. The van der Waals surface area contributed by atoms with Crippen LogP contribution in [0.5, 0.6) is 11.5 Å². The number of nitrogens with one attached hydrogen (secondary N) is 1. The average molecular weight is 263 g/mol. The molecule has 106 valence electrons. The molecule has 0 saturated heterocycles. The zero-order valence-corrected chi connectivity index (χ0v) is 12.2. The Labute approximate surface area is 116 Å². The minimum atomic E-state index is 0.475. The highest BCUT2D eigenvalue weighted by atomic mass is 16.5. The van der Waals surface area contributed by atoms with Crippen molar-refractivity contribution in [3.63, 3.8) is 0 Å². The van der Waals surface area contributed by atoms with Gasteiger partial charge in [0.05, 0.1) is 13.7 Å². The Morgan fingerprint density at radius 3 is 2.37 bits per heavy atom. The Balaban J connectivity index is 1.76. The first-order valence-corrected chi connectivity index (χ1v) is 7.20. The van der Waals surface area contributed by atoms with Crippen molar-refractivity contribution in [3.8, 4) is 11.5 Å². The van der Waals surface area contributed by atoms with E-state index in [1.165, 1.54) is 12.8 Å². The summed E-state index contributed by atoms with van der Waals surface area (Å²) in [6.45, 7) is 6.30. The van der Waals surface area contributed by atoms with Gasteiger partial charge in [0.15, 0.2) is 0 Å². The molecular formula is C16H25NO2. The van der Waals surface area contributed by atoms with Crippen molar-refractivity contribution in [2.45, 2.75) is 39.2 Å². The lowest BCUT2D eigenvalue weighted by molar-refractivity contribution is 0.239. The van der Waals surface area contributed by atoms with Crippen LogP contribution in [0.3, 0.4) is 0 Å². The molecule has 1 aromatic carbocycles. The summed E-state index contributed by atoms with van der Waals surface area (Å²) in [4.78, 5) is 0. The van der Waals surface area contributed by atoms with Gasteiger partial charge in [-0.3, -0.25) is 0 Å². The minimum Gasteiger partial charge on any atom is -0.497 e. The molecule has 0 heterocycles. The van der Waals surface area contributed by atoms with E-state index in [1.807, 2.05) is 24.3 Å². The van der Waals surface area contributed by atoms with Crippen LogP contribution in [-0.4, -0.2) is 26.3 Å². The first-order valence-electron chi connectivity index (χ1n) is 7.20. The molecule has 0 aliphatic heterocycles. The predicted molar refractivity (Wildman–Crippen MR) is 77.9 cm³/mol. The Kier molecular flexibility index (Phi) is 4.70. The maximum absolute atomic E-state index is 5.83. The van der Waals surface area contributed by atoms with Crippen LogP contribution in [0.15, 0.2) is 24.3 Å². The molecule has 1 saturated carbocycles. The van der Waals surface area contributed by atoms with E-state index in [-0.39, 0.29) is 0 Å². The highest BCUT2D eigenvalue weighted by Gasteiger charge is 2.46. The van der Waals surface area contributed by atoms with Crippen LogP contribution in [0.1, 0.15) is 33.1 Å². The number of hydrogen-bond donors (Lipinski definition) is 1. The molecule has 1 aliphatic rings. The number of rotatable bonds is 8. The van der Waals surface area contributed by atoms with E-state index in [1.54, 1.807) is 7.11 Å². The normalized spacial score (nSPS) is 17.8. The first-order chi connectivity index (χ1) is 9.20. The van der Waals surface area contributed by atoms with E-state index in [9.17, 15) is 0 Å². The second-order valence-electron chi connectivity index (χ2n) is 5.42. The molecule has 0 amide bonds. The number of benzene rings is 1. The Morgan fingerprint density at radius 1 is 1.21 bits per heavy atom. The molecule has 3 nitrogen and oxygen atoms in total. The summed E-state index contributed by atoms with van der Waals surface area (Å²) in [7, 11) is 1.68. The van der Waals surface area contributed by atoms with E-state index in [2.05, 4.69) is 19.2 Å². The average Bonchev–Trinajstić information content (AvgIpc) is 3.21. The molecule has 0 radical (unpaired) electrons. The summed E-state index contributed by atoms with van der Waals surface area (Å²) in [5.41, 5.74) is 0.475. The van der Waals surface area contributed by atoms with Gasteiger partial charge in [-0.15, -0.1) is 0 Å². The fourth-order valence-electron chi connectivity index (χ4n) is 2.63. The lowest BCUT2D eigenvalue weighted by atomic mass is 9.94. The smallest absolute Gasteiger partial charge is 0.119 e. The molecule has 1 aromatic rings. The second kappa shape index (κ2) is 6.29. The Hall–Kier alpha value is -1.22. The topological polar surface area (TPSA) is 30.5 Å². The second-order valence-corrected chi connectivity index (χ2v) is 5.42. The van der Waals surface area contributed by atoms with Crippen molar-refractivity contribution in [2.75, 3.05) is 20.3 Å². The molecule has 3 heteroatoms. The Bertz CT molecular complexity index is 384. The van der Waals surface area contributed by atoms with Crippen molar-refractivity contribution < 1.29 is 9.47 Å². The summed E-state index contributed by atoms with van der Waals surface area (Å²) in [5.74, 6) is 1.79. The molecule has 1 unspecified atom stereocenters. The third-order valence-corrected chi connectivity index (χ3v) is 4.25. The van der Waals surface area contributed by atoms with E-state index in [0.29, 0.717) is 11.5 Å². The maximum Gasteiger partial charge on any atom is 0.119 e. The highest BCUT2D eigenvalue weighted by Crippen LogP contribution is 2.51. The molecule has 1 fully saturated rings. The molecule has 0 aromatic heterocycles. The maximum atomic E-state index is 5.83. The van der Waals surface area contributed by atoms with E-state index in [4.69, 9.17) is 9.47 Å².